The normalized spacial score (nSPS) is 28.3. The topological polar surface area (TPSA) is 0 Å². The van der Waals surface area contributed by atoms with Gasteiger partial charge in [-0.25, -0.2) is 8.78 Å². The van der Waals surface area contributed by atoms with Gasteiger partial charge in [0, 0.05) is 6.08 Å². The second-order valence-corrected chi connectivity index (χ2v) is 2.82. The highest BCUT2D eigenvalue weighted by atomic mass is 127. The van der Waals surface area contributed by atoms with Gasteiger partial charge in [-0.15, -0.1) is 0 Å². The highest BCUT2D eigenvalue weighted by Crippen LogP contribution is 2.29. The number of rotatable bonds is 0. The molecule has 1 rings (SSSR count). The van der Waals surface area contributed by atoms with Crippen molar-refractivity contribution in [3.05, 3.63) is 28.0 Å². The summed E-state index contributed by atoms with van der Waals surface area (Å²) in [5.74, 6) is -0.832. The first-order valence-electron chi connectivity index (χ1n) is 2.33. The molecule has 0 aromatic carbocycles. The maximum Gasteiger partial charge on any atom is 0.172 e. The first kappa shape index (κ1) is 7.18. The van der Waals surface area contributed by atoms with Gasteiger partial charge in [0.2, 0.25) is 0 Å². The van der Waals surface area contributed by atoms with Crippen molar-refractivity contribution in [1.29, 1.82) is 0 Å². The zero-order chi connectivity index (χ0) is 6.85. The van der Waals surface area contributed by atoms with Gasteiger partial charge in [-0.1, -0.05) is 34.7 Å². The molecule has 0 aliphatic heterocycles. The minimum absolute atomic E-state index is 0.365. The van der Waals surface area contributed by atoms with E-state index in [9.17, 15) is 8.78 Å². The summed E-state index contributed by atoms with van der Waals surface area (Å²) in [5.41, 5.74) is 0. The van der Waals surface area contributed by atoms with Gasteiger partial charge in [0.1, 0.15) is 5.83 Å². The zero-order valence-corrected chi connectivity index (χ0v) is 6.52. The van der Waals surface area contributed by atoms with Crippen molar-refractivity contribution in [2.45, 2.75) is 6.17 Å². The Bertz CT molecular complexity index is 162. The Hall–Kier alpha value is 0.0700. The van der Waals surface area contributed by atoms with Gasteiger partial charge >= 0.3 is 0 Å². The quantitative estimate of drug-likeness (QED) is 0.570. The van der Waals surface area contributed by atoms with E-state index in [-0.39, 0.29) is 0 Å². The molecule has 0 nitrogen and oxygen atoms in total. The number of allylic oxidation sites excluding steroid dienone is 4. The molecule has 0 fully saturated rings. The van der Waals surface area contributed by atoms with Crippen LogP contribution in [0.15, 0.2) is 18.0 Å². The predicted octanol–water partition coefficient (Wildman–Crippen LogP) is 2.52. The molecule has 1 unspecified atom stereocenters. The molecule has 1 aliphatic rings. The molecule has 0 aromatic rings. The van der Waals surface area contributed by atoms with Gasteiger partial charge in [0.15, 0.2) is 6.17 Å². The lowest BCUT2D eigenvalue weighted by molar-refractivity contribution is 0.361. The maximum atomic E-state index is 12.4. The third-order valence-corrected chi connectivity index (χ3v) is 1.83. The molecule has 1 atom stereocenters. The monoisotopic (exact) mass is 240 g/mol. The van der Waals surface area contributed by atoms with Gasteiger partial charge in [-0.05, 0) is 0 Å². The number of halogens is 3. The fourth-order valence-corrected chi connectivity index (χ4v) is 0.933. The average molecular weight is 240 g/mol. The molecule has 3 heteroatoms. The Balaban J connectivity index is 2.73. The van der Waals surface area contributed by atoms with Crippen LogP contribution in [0.5, 0.6) is 0 Å². The average Bonchev–Trinajstić information content (AvgIpc) is 1.83. The summed E-state index contributed by atoms with van der Waals surface area (Å²) in [6, 6.07) is 0. The van der Waals surface area contributed by atoms with Crippen LogP contribution in [0.2, 0.25) is 0 Å². The highest BCUT2D eigenvalue weighted by molar-refractivity contribution is 14.1. The Labute approximate surface area is 65.8 Å². The van der Waals surface area contributed by atoms with Crippen molar-refractivity contribution in [1.82, 2.24) is 0 Å². The fourth-order valence-electron chi connectivity index (χ4n) is 0.480. The summed E-state index contributed by atoms with van der Waals surface area (Å²) >= 11 is 1.75. The minimum atomic E-state index is -1.57. The van der Waals surface area contributed by atoms with Crippen LogP contribution >= 0.6 is 22.6 Å². The molecular formula is C6H3F2I. The van der Waals surface area contributed by atoms with E-state index < -0.39 is 12.0 Å². The van der Waals surface area contributed by atoms with Gasteiger partial charge in [0.25, 0.3) is 0 Å². The van der Waals surface area contributed by atoms with E-state index in [0.717, 1.165) is 0 Å². The van der Waals surface area contributed by atoms with Crippen molar-refractivity contribution in [2.24, 2.45) is 0 Å². The Morgan fingerprint density at radius 1 is 1.67 bits per heavy atom. The molecule has 0 aromatic heterocycles. The van der Waals surface area contributed by atoms with E-state index in [1.165, 1.54) is 12.2 Å². The van der Waals surface area contributed by atoms with Crippen LogP contribution in [0.1, 0.15) is 0 Å². The second kappa shape index (κ2) is 2.77. The molecule has 0 saturated carbocycles. The highest BCUT2D eigenvalue weighted by Gasteiger charge is 2.23. The minimum Gasteiger partial charge on any atom is -0.238 e. The molecule has 2 radical (unpaired) electrons. The van der Waals surface area contributed by atoms with Gasteiger partial charge in [0.05, 0.1) is 3.92 Å². The predicted molar refractivity (Wildman–Crippen MR) is 39.2 cm³/mol. The lowest BCUT2D eigenvalue weighted by atomic mass is 10.1. The third-order valence-electron chi connectivity index (χ3n) is 0.928. The Kier molecular flexibility index (Phi) is 2.21. The van der Waals surface area contributed by atoms with Gasteiger partial charge in [-0.2, -0.15) is 0 Å². The molecule has 0 saturated heterocycles. The standard InChI is InChI=1S/C6H3F2I/c7-4-2-1-3-5(9)6(4)8/h1,3,6H. The van der Waals surface area contributed by atoms with E-state index in [0.29, 0.717) is 3.92 Å². The maximum absolute atomic E-state index is 12.4. The summed E-state index contributed by atoms with van der Waals surface area (Å²) in [7, 11) is 0. The van der Waals surface area contributed by atoms with Crippen molar-refractivity contribution in [3.63, 3.8) is 0 Å². The smallest absolute Gasteiger partial charge is 0.172 e. The number of hydrogen-bond acceptors (Lipinski definition) is 0. The van der Waals surface area contributed by atoms with Crippen LogP contribution in [0.3, 0.4) is 0 Å². The third kappa shape index (κ3) is 1.50. The van der Waals surface area contributed by atoms with Crippen LogP contribution in [0.25, 0.3) is 0 Å². The Morgan fingerprint density at radius 3 is 2.78 bits per heavy atom. The summed E-state index contributed by atoms with van der Waals surface area (Å²) < 4.78 is 24.9. The molecule has 0 N–H and O–H groups in total. The van der Waals surface area contributed by atoms with Crippen LogP contribution in [-0.2, 0) is 0 Å². The largest absolute Gasteiger partial charge is 0.238 e. The SMILES string of the molecule is FC1=[C]C=C[C](I)C1F. The first-order chi connectivity index (χ1) is 4.22. The summed E-state index contributed by atoms with van der Waals surface area (Å²) in [5, 5.41) is 0. The van der Waals surface area contributed by atoms with E-state index in [1.807, 2.05) is 0 Å². The van der Waals surface area contributed by atoms with Crippen molar-refractivity contribution in [3.8, 4) is 0 Å². The summed E-state index contributed by atoms with van der Waals surface area (Å²) in [4.78, 5) is 0. The van der Waals surface area contributed by atoms with E-state index in [1.54, 1.807) is 22.6 Å². The van der Waals surface area contributed by atoms with Crippen LogP contribution in [0, 0.1) is 10.0 Å². The molecule has 1 aliphatic carbocycles. The molecule has 0 spiro atoms. The molecule has 0 bridgehead atoms. The van der Waals surface area contributed by atoms with Crippen molar-refractivity contribution < 1.29 is 8.78 Å². The molecule has 48 valence electrons. The number of hydrogen-bond donors (Lipinski definition) is 0. The molecule has 9 heavy (non-hydrogen) atoms. The van der Waals surface area contributed by atoms with Crippen LogP contribution in [0.4, 0.5) is 8.78 Å². The second-order valence-electron chi connectivity index (χ2n) is 1.57. The fraction of sp³-hybridized carbons (Fsp3) is 0.167. The van der Waals surface area contributed by atoms with Crippen LogP contribution in [-0.4, -0.2) is 6.17 Å². The van der Waals surface area contributed by atoms with Crippen molar-refractivity contribution >= 4 is 22.6 Å². The Morgan fingerprint density at radius 2 is 2.33 bits per heavy atom. The summed E-state index contributed by atoms with van der Waals surface area (Å²) in [6.45, 7) is 0. The summed E-state index contributed by atoms with van der Waals surface area (Å²) in [6.07, 6.45) is 3.42. The zero-order valence-electron chi connectivity index (χ0n) is 4.37. The van der Waals surface area contributed by atoms with E-state index in [4.69, 9.17) is 0 Å². The van der Waals surface area contributed by atoms with Crippen molar-refractivity contribution in [2.75, 3.05) is 0 Å². The van der Waals surface area contributed by atoms with E-state index in [2.05, 4.69) is 6.08 Å². The number of alkyl halides is 1. The van der Waals surface area contributed by atoms with Gasteiger partial charge < -0.3 is 0 Å². The lowest BCUT2D eigenvalue weighted by Crippen LogP contribution is -2.08. The van der Waals surface area contributed by atoms with Gasteiger partial charge in [-0.3, -0.25) is 0 Å². The van der Waals surface area contributed by atoms with Crippen LogP contribution < -0.4 is 0 Å². The molecular weight excluding hydrogens is 237 g/mol. The molecule has 0 amide bonds. The molecule has 0 heterocycles. The first-order valence-corrected chi connectivity index (χ1v) is 3.41. The van der Waals surface area contributed by atoms with E-state index >= 15 is 0 Å². The lowest BCUT2D eigenvalue weighted by Gasteiger charge is -2.10.